The summed E-state index contributed by atoms with van der Waals surface area (Å²) in [6, 6.07) is -0.0223. The first-order chi connectivity index (χ1) is 8.05. The molecule has 0 unspecified atom stereocenters. The smallest absolute Gasteiger partial charge is 0.411 e. The molecular formula is C13H23NO4. The van der Waals surface area contributed by atoms with Gasteiger partial charge in [0.05, 0.1) is 0 Å². The minimum absolute atomic E-state index is 0.0223. The zero-order chi connectivity index (χ0) is 14.1. The summed E-state index contributed by atoms with van der Waals surface area (Å²) < 4.78 is 5.32. The fourth-order valence-electron chi connectivity index (χ4n) is 1.89. The zero-order valence-corrected chi connectivity index (χ0v) is 11.8. The molecule has 0 radical (unpaired) electrons. The van der Waals surface area contributed by atoms with Crippen LogP contribution < -0.4 is 0 Å². The van der Waals surface area contributed by atoms with Gasteiger partial charge in [-0.15, -0.1) is 0 Å². The molecule has 5 heteroatoms. The van der Waals surface area contributed by atoms with Crippen LogP contribution in [0.15, 0.2) is 0 Å². The highest BCUT2D eigenvalue weighted by Gasteiger charge is 2.45. The molecule has 0 saturated heterocycles. The van der Waals surface area contributed by atoms with Gasteiger partial charge in [0, 0.05) is 6.04 Å². The number of amides is 1. The number of rotatable bonds is 3. The maximum Gasteiger partial charge on any atom is 0.411 e. The van der Waals surface area contributed by atoms with Crippen LogP contribution in [0.2, 0.25) is 0 Å². The molecule has 0 atom stereocenters. The monoisotopic (exact) mass is 257 g/mol. The van der Waals surface area contributed by atoms with E-state index >= 15 is 0 Å². The normalized spacial score (nSPS) is 16.9. The molecule has 18 heavy (non-hydrogen) atoms. The van der Waals surface area contributed by atoms with E-state index in [-0.39, 0.29) is 6.04 Å². The minimum Gasteiger partial charge on any atom is -0.480 e. The lowest BCUT2D eigenvalue weighted by molar-refractivity contribution is -0.151. The number of hydrogen-bond donors (Lipinski definition) is 1. The van der Waals surface area contributed by atoms with Gasteiger partial charge in [0.15, 0.2) is 0 Å². The van der Waals surface area contributed by atoms with Gasteiger partial charge in [-0.25, -0.2) is 9.59 Å². The summed E-state index contributed by atoms with van der Waals surface area (Å²) in [5, 5.41) is 9.28. The van der Waals surface area contributed by atoms with Crippen molar-refractivity contribution >= 4 is 12.1 Å². The minimum atomic E-state index is -1.24. The van der Waals surface area contributed by atoms with Gasteiger partial charge in [0.1, 0.15) is 11.1 Å². The maximum atomic E-state index is 12.2. The predicted molar refractivity (Wildman–Crippen MR) is 67.4 cm³/mol. The van der Waals surface area contributed by atoms with Crippen LogP contribution in [0, 0.1) is 0 Å². The number of hydrogen-bond acceptors (Lipinski definition) is 3. The Morgan fingerprint density at radius 1 is 1.17 bits per heavy atom. The van der Waals surface area contributed by atoms with Crippen molar-refractivity contribution in [1.29, 1.82) is 0 Å². The van der Waals surface area contributed by atoms with E-state index in [1.54, 1.807) is 20.8 Å². The van der Waals surface area contributed by atoms with E-state index in [1.807, 2.05) is 0 Å². The van der Waals surface area contributed by atoms with Crippen LogP contribution in [0.1, 0.15) is 53.9 Å². The van der Waals surface area contributed by atoms with Crippen LogP contribution >= 0.6 is 0 Å². The van der Waals surface area contributed by atoms with Crippen molar-refractivity contribution < 1.29 is 19.4 Å². The Hall–Kier alpha value is -1.26. The van der Waals surface area contributed by atoms with Crippen LogP contribution in [-0.4, -0.2) is 39.3 Å². The first-order valence-electron chi connectivity index (χ1n) is 6.31. The lowest BCUT2D eigenvalue weighted by Gasteiger charge is -2.45. The van der Waals surface area contributed by atoms with Crippen molar-refractivity contribution in [3.05, 3.63) is 0 Å². The lowest BCUT2D eigenvalue weighted by atomic mass is 9.87. The number of carbonyl (C=O) groups excluding carboxylic acids is 1. The fourth-order valence-corrected chi connectivity index (χ4v) is 1.89. The van der Waals surface area contributed by atoms with Gasteiger partial charge < -0.3 is 9.84 Å². The van der Waals surface area contributed by atoms with E-state index in [0.29, 0.717) is 0 Å². The molecule has 1 amide bonds. The van der Waals surface area contributed by atoms with E-state index in [2.05, 4.69) is 0 Å². The highest BCUT2D eigenvalue weighted by atomic mass is 16.6. The number of carbonyl (C=O) groups is 2. The molecule has 1 aliphatic rings. The summed E-state index contributed by atoms with van der Waals surface area (Å²) in [5.41, 5.74) is -1.86. The Labute approximate surface area is 108 Å². The summed E-state index contributed by atoms with van der Waals surface area (Å²) in [6.07, 6.45) is 2.17. The Kier molecular flexibility index (Phi) is 3.93. The van der Waals surface area contributed by atoms with Crippen molar-refractivity contribution in [2.75, 3.05) is 0 Å². The second-order valence-electron chi connectivity index (χ2n) is 6.30. The molecule has 0 spiro atoms. The summed E-state index contributed by atoms with van der Waals surface area (Å²) in [4.78, 5) is 24.9. The molecule has 0 aromatic rings. The second-order valence-corrected chi connectivity index (χ2v) is 6.30. The largest absolute Gasteiger partial charge is 0.480 e. The molecule has 0 aliphatic heterocycles. The van der Waals surface area contributed by atoms with Gasteiger partial charge >= 0.3 is 12.1 Å². The topological polar surface area (TPSA) is 66.8 Å². The molecule has 0 aromatic heterocycles. The van der Waals surface area contributed by atoms with Gasteiger partial charge in [-0.1, -0.05) is 0 Å². The number of ether oxygens (including phenoxy) is 1. The standard InChI is InChI=1S/C13H23NO4/c1-12(2,3)18-11(17)14(9-7-6-8-9)13(4,5)10(15)16/h9H,6-8H2,1-5H3,(H,15,16). The van der Waals surface area contributed by atoms with Crippen LogP contribution in [-0.2, 0) is 9.53 Å². The molecule has 1 aliphatic carbocycles. The third-order valence-corrected chi connectivity index (χ3v) is 3.16. The highest BCUT2D eigenvalue weighted by molar-refractivity contribution is 5.84. The summed E-state index contributed by atoms with van der Waals surface area (Å²) >= 11 is 0. The number of carboxylic acid groups (broad SMARTS) is 1. The van der Waals surface area contributed by atoms with Crippen LogP contribution in [0.25, 0.3) is 0 Å². The average Bonchev–Trinajstić information content (AvgIpc) is 2.06. The van der Waals surface area contributed by atoms with E-state index < -0.39 is 23.2 Å². The molecule has 1 N–H and O–H groups in total. The van der Waals surface area contributed by atoms with Crippen molar-refractivity contribution in [2.45, 2.75) is 71.1 Å². The fraction of sp³-hybridized carbons (Fsp3) is 0.846. The van der Waals surface area contributed by atoms with E-state index in [0.717, 1.165) is 19.3 Å². The molecule has 0 aromatic carbocycles. The maximum absolute atomic E-state index is 12.2. The van der Waals surface area contributed by atoms with Crippen molar-refractivity contribution in [1.82, 2.24) is 4.90 Å². The number of carboxylic acids is 1. The van der Waals surface area contributed by atoms with E-state index in [1.165, 1.54) is 18.7 Å². The first kappa shape index (κ1) is 14.8. The average molecular weight is 257 g/mol. The molecule has 1 saturated carbocycles. The summed E-state index contributed by atoms with van der Waals surface area (Å²) in [7, 11) is 0. The highest BCUT2D eigenvalue weighted by Crippen LogP contribution is 2.32. The summed E-state index contributed by atoms with van der Waals surface area (Å²) in [5.74, 6) is -1.01. The molecule has 0 heterocycles. The Morgan fingerprint density at radius 2 is 1.67 bits per heavy atom. The van der Waals surface area contributed by atoms with Crippen molar-refractivity contribution in [2.24, 2.45) is 0 Å². The van der Waals surface area contributed by atoms with Gasteiger partial charge in [-0.05, 0) is 53.9 Å². The van der Waals surface area contributed by atoms with Gasteiger partial charge in [0.2, 0.25) is 0 Å². The van der Waals surface area contributed by atoms with E-state index in [9.17, 15) is 14.7 Å². The third kappa shape index (κ3) is 3.15. The number of nitrogens with zero attached hydrogens (tertiary/aromatic N) is 1. The Morgan fingerprint density at radius 3 is 1.94 bits per heavy atom. The van der Waals surface area contributed by atoms with Gasteiger partial charge in [-0.3, -0.25) is 4.90 Å². The first-order valence-corrected chi connectivity index (χ1v) is 6.31. The SMILES string of the molecule is CC(C)(C)OC(=O)N(C1CCC1)C(C)(C)C(=O)O. The third-order valence-electron chi connectivity index (χ3n) is 3.16. The molecule has 0 bridgehead atoms. The second kappa shape index (κ2) is 4.78. The zero-order valence-electron chi connectivity index (χ0n) is 11.8. The Bertz CT molecular complexity index is 339. The molecule has 5 nitrogen and oxygen atoms in total. The van der Waals surface area contributed by atoms with Crippen LogP contribution in [0.4, 0.5) is 4.79 Å². The van der Waals surface area contributed by atoms with Gasteiger partial charge in [-0.2, -0.15) is 0 Å². The van der Waals surface area contributed by atoms with E-state index in [4.69, 9.17) is 4.74 Å². The predicted octanol–water partition coefficient (Wildman–Crippen LogP) is 2.64. The quantitative estimate of drug-likeness (QED) is 0.844. The van der Waals surface area contributed by atoms with Crippen LogP contribution in [0.5, 0.6) is 0 Å². The Balaban J connectivity index is 2.92. The molecule has 1 fully saturated rings. The van der Waals surface area contributed by atoms with Crippen molar-refractivity contribution in [3.63, 3.8) is 0 Å². The van der Waals surface area contributed by atoms with Crippen LogP contribution in [0.3, 0.4) is 0 Å². The van der Waals surface area contributed by atoms with Gasteiger partial charge in [0.25, 0.3) is 0 Å². The molecular weight excluding hydrogens is 234 g/mol. The molecule has 104 valence electrons. The molecule has 1 rings (SSSR count). The number of aliphatic carboxylic acids is 1. The van der Waals surface area contributed by atoms with Crippen molar-refractivity contribution in [3.8, 4) is 0 Å². The summed E-state index contributed by atoms with van der Waals surface area (Å²) in [6.45, 7) is 8.40. The lowest BCUT2D eigenvalue weighted by Crippen LogP contribution is -2.60.